The highest BCUT2D eigenvalue weighted by atomic mass is 16.2. The third-order valence-corrected chi connectivity index (χ3v) is 2.42. The molecule has 1 aliphatic rings. The van der Waals surface area contributed by atoms with Gasteiger partial charge < -0.3 is 5.32 Å². The Morgan fingerprint density at radius 1 is 1.25 bits per heavy atom. The van der Waals surface area contributed by atoms with Gasteiger partial charge in [0.1, 0.15) is 0 Å². The second-order valence-corrected chi connectivity index (χ2v) is 3.52. The van der Waals surface area contributed by atoms with Crippen LogP contribution in [0.2, 0.25) is 0 Å². The Labute approximate surface area is 89.3 Å². The van der Waals surface area contributed by atoms with Gasteiger partial charge in [0.15, 0.2) is 12.1 Å². The number of aromatic nitrogens is 4. The first kappa shape index (κ1) is 8.96. The molecular weight excluding hydrogens is 210 g/mol. The standard InChI is InChI=1S/C9H7N5O2/c15-4-1-2-5(16)12-9-6-8(11-3-10-6)13-7(4)14-9/h3H,1-2H2,(H2,10,11,12,13,14,16)/p+1. The highest BCUT2D eigenvalue weighted by molar-refractivity contribution is 6.03. The van der Waals surface area contributed by atoms with Crippen molar-refractivity contribution < 1.29 is 14.6 Å². The Hall–Kier alpha value is -2.31. The van der Waals surface area contributed by atoms with Gasteiger partial charge in [0.05, 0.1) is 0 Å². The first-order valence-corrected chi connectivity index (χ1v) is 4.84. The van der Waals surface area contributed by atoms with Gasteiger partial charge in [0, 0.05) is 12.8 Å². The van der Waals surface area contributed by atoms with Gasteiger partial charge in [-0.2, -0.15) is 4.98 Å². The normalized spacial score (nSPS) is 15.8. The van der Waals surface area contributed by atoms with Crippen molar-refractivity contribution in [3.05, 3.63) is 12.2 Å². The zero-order valence-corrected chi connectivity index (χ0v) is 8.20. The Bertz CT molecular complexity index is 603. The topological polar surface area (TPSA) is 102 Å². The van der Waals surface area contributed by atoms with Crippen molar-refractivity contribution in [3.8, 4) is 0 Å². The van der Waals surface area contributed by atoms with Crippen molar-refractivity contribution in [1.82, 2.24) is 15.0 Å². The number of carbonyl (C=O) groups excluding carboxylic acids is 2. The summed E-state index contributed by atoms with van der Waals surface area (Å²) in [7, 11) is 0. The number of nitrogens with one attached hydrogen (secondary N) is 3. The first-order valence-electron chi connectivity index (χ1n) is 4.84. The second kappa shape index (κ2) is 3.09. The molecule has 0 unspecified atom stereocenters. The van der Waals surface area contributed by atoms with E-state index in [4.69, 9.17) is 0 Å². The molecule has 3 rings (SSSR count). The van der Waals surface area contributed by atoms with Crippen molar-refractivity contribution in [3.63, 3.8) is 0 Å². The lowest BCUT2D eigenvalue weighted by Gasteiger charge is -2.07. The third kappa shape index (κ3) is 1.25. The van der Waals surface area contributed by atoms with E-state index in [1.807, 2.05) is 0 Å². The summed E-state index contributed by atoms with van der Waals surface area (Å²) < 4.78 is 0. The van der Waals surface area contributed by atoms with Crippen LogP contribution < -0.4 is 10.3 Å². The number of nitrogens with zero attached hydrogens (tertiary/aromatic N) is 2. The molecule has 16 heavy (non-hydrogen) atoms. The highest BCUT2D eigenvalue weighted by Gasteiger charge is 2.24. The minimum atomic E-state index is -0.215. The number of fused-ring (bicyclic) bond motifs is 4. The average molecular weight is 218 g/mol. The summed E-state index contributed by atoms with van der Waals surface area (Å²) in [6, 6.07) is 0. The zero-order chi connectivity index (χ0) is 11.1. The number of aromatic amines is 2. The molecule has 80 valence electrons. The lowest BCUT2D eigenvalue weighted by molar-refractivity contribution is -0.347. The number of rotatable bonds is 0. The fourth-order valence-electron chi connectivity index (χ4n) is 1.63. The molecule has 0 atom stereocenters. The maximum absolute atomic E-state index is 11.6. The molecule has 2 bridgehead atoms. The number of imidazole rings is 1. The molecule has 0 fully saturated rings. The fourth-order valence-corrected chi connectivity index (χ4v) is 1.63. The van der Waals surface area contributed by atoms with Crippen LogP contribution in [0.5, 0.6) is 0 Å². The first-order chi connectivity index (χ1) is 7.74. The Kier molecular flexibility index (Phi) is 1.73. The van der Waals surface area contributed by atoms with E-state index in [0.29, 0.717) is 17.0 Å². The smallest absolute Gasteiger partial charge is 0.305 e. The van der Waals surface area contributed by atoms with Gasteiger partial charge in [0.25, 0.3) is 5.82 Å². The van der Waals surface area contributed by atoms with Crippen molar-refractivity contribution in [2.45, 2.75) is 12.8 Å². The summed E-state index contributed by atoms with van der Waals surface area (Å²) in [6.45, 7) is 0. The summed E-state index contributed by atoms with van der Waals surface area (Å²) in [5, 5.41) is 2.64. The Morgan fingerprint density at radius 3 is 3.00 bits per heavy atom. The molecule has 0 aromatic carbocycles. The second-order valence-electron chi connectivity index (χ2n) is 3.52. The van der Waals surface area contributed by atoms with E-state index in [2.05, 4.69) is 25.3 Å². The average Bonchev–Trinajstić information content (AvgIpc) is 2.72. The zero-order valence-electron chi connectivity index (χ0n) is 8.20. The lowest BCUT2D eigenvalue weighted by atomic mass is 10.2. The van der Waals surface area contributed by atoms with Crippen LogP contribution in [0.4, 0.5) is 5.82 Å². The summed E-state index contributed by atoms with van der Waals surface area (Å²) in [5.74, 6) is 0.0545. The van der Waals surface area contributed by atoms with Gasteiger partial charge in [-0.1, -0.05) is 4.98 Å². The molecule has 0 saturated heterocycles. The molecule has 7 nitrogen and oxygen atoms in total. The minimum absolute atomic E-state index is 0.137. The number of Topliss-reactive ketones (excluding diaryl/α,β-unsaturated/α-hetero) is 1. The molecule has 2 aromatic rings. The van der Waals surface area contributed by atoms with Crippen LogP contribution in [0.1, 0.15) is 23.5 Å². The third-order valence-electron chi connectivity index (χ3n) is 2.42. The van der Waals surface area contributed by atoms with Crippen LogP contribution >= 0.6 is 0 Å². The molecule has 0 aliphatic carbocycles. The van der Waals surface area contributed by atoms with Crippen molar-refractivity contribution in [2.75, 3.05) is 5.32 Å². The SMILES string of the molecule is O=C1CCC(=O)c2nc(c3[nH]c[nH+]c3n2)N1. The van der Waals surface area contributed by atoms with E-state index in [0.717, 1.165) is 0 Å². The number of ketones is 1. The molecule has 7 heteroatoms. The lowest BCUT2D eigenvalue weighted by Crippen LogP contribution is -2.21. The molecule has 3 N–H and O–H groups in total. The monoisotopic (exact) mass is 218 g/mol. The fraction of sp³-hybridized carbons (Fsp3) is 0.222. The Balaban J connectivity index is 2.30. The summed E-state index contributed by atoms with van der Waals surface area (Å²) in [4.78, 5) is 36.8. The van der Waals surface area contributed by atoms with Gasteiger partial charge in [0.2, 0.25) is 17.2 Å². The van der Waals surface area contributed by atoms with Gasteiger partial charge in [-0.25, -0.2) is 4.98 Å². The number of H-pyrrole nitrogens is 2. The molecule has 3 heterocycles. The van der Waals surface area contributed by atoms with Crippen LogP contribution in [0.15, 0.2) is 6.33 Å². The minimum Gasteiger partial charge on any atom is -0.307 e. The van der Waals surface area contributed by atoms with Gasteiger partial charge >= 0.3 is 5.65 Å². The summed E-state index contributed by atoms with van der Waals surface area (Å²) >= 11 is 0. The molecule has 1 amide bonds. The van der Waals surface area contributed by atoms with Crippen LogP contribution in [0, 0.1) is 0 Å². The number of hydrogen-bond donors (Lipinski definition) is 2. The summed E-state index contributed by atoms with van der Waals surface area (Å²) in [5.41, 5.74) is 1.10. The maximum Gasteiger partial charge on any atom is 0.305 e. The molecule has 2 aromatic heterocycles. The van der Waals surface area contributed by atoms with E-state index in [9.17, 15) is 9.59 Å². The highest BCUT2D eigenvalue weighted by Crippen LogP contribution is 2.18. The molecular formula is C9H8N5O2+. The van der Waals surface area contributed by atoms with Crippen LogP contribution in [0.3, 0.4) is 0 Å². The molecule has 1 aliphatic heterocycles. The van der Waals surface area contributed by atoms with Gasteiger partial charge in [-0.05, 0) is 0 Å². The van der Waals surface area contributed by atoms with Crippen molar-refractivity contribution >= 4 is 28.7 Å². The van der Waals surface area contributed by atoms with E-state index in [1.54, 1.807) is 6.33 Å². The van der Waals surface area contributed by atoms with Crippen molar-refractivity contribution in [1.29, 1.82) is 0 Å². The van der Waals surface area contributed by atoms with Gasteiger partial charge in [-0.15, -0.1) is 0 Å². The van der Waals surface area contributed by atoms with E-state index in [1.165, 1.54) is 0 Å². The Morgan fingerprint density at radius 2 is 2.12 bits per heavy atom. The predicted octanol–water partition coefficient (Wildman–Crippen LogP) is -0.313. The maximum atomic E-state index is 11.6. The van der Waals surface area contributed by atoms with Crippen molar-refractivity contribution in [2.24, 2.45) is 0 Å². The predicted molar refractivity (Wildman–Crippen MR) is 52.6 cm³/mol. The number of amides is 1. The largest absolute Gasteiger partial charge is 0.307 e. The van der Waals surface area contributed by atoms with E-state index < -0.39 is 0 Å². The van der Waals surface area contributed by atoms with E-state index in [-0.39, 0.29) is 30.4 Å². The molecule has 0 saturated carbocycles. The van der Waals surface area contributed by atoms with Gasteiger partial charge in [-0.3, -0.25) is 14.6 Å². The molecule has 0 spiro atoms. The van der Waals surface area contributed by atoms with Crippen LogP contribution in [-0.2, 0) is 4.79 Å². The van der Waals surface area contributed by atoms with Crippen LogP contribution in [-0.4, -0.2) is 26.6 Å². The van der Waals surface area contributed by atoms with E-state index >= 15 is 0 Å². The number of hydrogen-bond acceptors (Lipinski definition) is 4. The number of carbonyl (C=O) groups is 2. The quantitative estimate of drug-likeness (QED) is 0.633. The number of anilines is 1. The van der Waals surface area contributed by atoms with Crippen LogP contribution in [0.25, 0.3) is 11.2 Å². The molecule has 0 radical (unpaired) electrons. The summed E-state index contributed by atoms with van der Waals surface area (Å²) in [6.07, 6.45) is 1.87.